The second kappa shape index (κ2) is 18.9. The molecule has 10 rings (SSSR count). The number of aliphatic hydroxyl groups is 1. The fraction of sp³-hybridized carbons (Fsp3) is 0.481. The largest absolute Gasteiger partial charge is 0.489 e. The molecule has 0 unspecified atom stereocenters. The van der Waals surface area contributed by atoms with E-state index in [0.29, 0.717) is 69.5 Å². The first kappa shape index (κ1) is 49.2. The van der Waals surface area contributed by atoms with Gasteiger partial charge in [0.1, 0.15) is 23.8 Å². The van der Waals surface area contributed by atoms with Gasteiger partial charge in [0.05, 0.1) is 38.5 Å². The Morgan fingerprint density at radius 1 is 1.00 bits per heavy atom. The Bertz CT molecular complexity index is 3050. The molecule has 4 fully saturated rings. The van der Waals surface area contributed by atoms with E-state index in [1.807, 2.05) is 9.62 Å². The number of H-pyrrole nitrogens is 1. The summed E-state index contributed by atoms with van der Waals surface area (Å²) >= 11 is 0. The lowest BCUT2D eigenvalue weighted by Gasteiger charge is -2.58. The van der Waals surface area contributed by atoms with Crippen molar-refractivity contribution in [3.05, 3.63) is 105 Å². The Kier molecular flexibility index (Phi) is 12.9. The quantitative estimate of drug-likeness (QED) is 0.0556. The minimum atomic E-state index is -4.82. The highest BCUT2D eigenvalue weighted by molar-refractivity contribution is 7.90. The third-order valence-electron chi connectivity index (χ3n) is 16.0. The number of fused-ring (bicyclic) bond motifs is 2. The number of rotatable bonds is 11. The van der Waals surface area contributed by atoms with Crippen LogP contribution in [0.4, 0.5) is 25.8 Å². The number of pyridine rings is 1. The van der Waals surface area contributed by atoms with Gasteiger partial charge in [0.15, 0.2) is 17.2 Å². The number of carbonyl (C=O) groups is 2. The fourth-order valence-electron chi connectivity index (χ4n) is 11.8. The first-order valence-corrected chi connectivity index (χ1v) is 26.3. The van der Waals surface area contributed by atoms with Crippen molar-refractivity contribution >= 4 is 49.9 Å². The summed E-state index contributed by atoms with van der Waals surface area (Å²) in [6, 6.07) is 16.3. The second-order valence-corrected chi connectivity index (χ2v) is 22.7. The zero-order valence-electron chi connectivity index (χ0n) is 40.8. The number of sulfonamides is 1. The summed E-state index contributed by atoms with van der Waals surface area (Å²) < 4.78 is 72.2. The Labute approximate surface area is 416 Å². The number of carbonyl (C=O) groups excluding carboxylic acids is 2. The highest BCUT2D eigenvalue weighted by Crippen LogP contribution is 2.54. The number of nitro benzene ring substituents is 1. The number of hydrogen-bond acceptors (Lipinski definition) is 13. The van der Waals surface area contributed by atoms with Crippen LogP contribution in [0.15, 0.2) is 71.8 Å². The van der Waals surface area contributed by atoms with E-state index in [2.05, 4.69) is 63.2 Å². The molecule has 2 aliphatic carbocycles. The van der Waals surface area contributed by atoms with Crippen molar-refractivity contribution in [3.63, 3.8) is 0 Å². The first-order chi connectivity index (χ1) is 34.3. The summed E-state index contributed by atoms with van der Waals surface area (Å²) in [6.07, 6.45) is 7.24. The molecule has 4 N–H and O–H groups in total. The minimum absolute atomic E-state index is 0.0125. The van der Waals surface area contributed by atoms with E-state index < -0.39 is 54.6 Å². The number of anilines is 2. The van der Waals surface area contributed by atoms with Crippen LogP contribution in [-0.2, 0) is 14.8 Å². The molecule has 382 valence electrons. The molecule has 72 heavy (non-hydrogen) atoms. The zero-order valence-corrected chi connectivity index (χ0v) is 41.6. The topological polar surface area (TPSA) is 213 Å². The average molecular weight is 1010 g/mol. The molecule has 2 aromatic heterocycles. The van der Waals surface area contributed by atoms with Gasteiger partial charge in [0.2, 0.25) is 5.91 Å². The number of piperidine rings is 1. The molecule has 0 bridgehead atoms. The van der Waals surface area contributed by atoms with E-state index in [1.165, 1.54) is 23.3 Å². The molecular formula is C52H60F2N8O9S. The lowest BCUT2D eigenvalue weighted by molar-refractivity contribution is -0.384. The molecule has 20 heteroatoms. The number of nitrogens with zero attached hydrogens (tertiary/aromatic N) is 5. The molecule has 2 saturated heterocycles. The third kappa shape index (κ3) is 9.55. The maximum Gasteiger partial charge on any atom is 0.297 e. The fourth-order valence-corrected chi connectivity index (χ4v) is 12.8. The van der Waals surface area contributed by atoms with E-state index in [4.69, 9.17) is 9.47 Å². The second-order valence-electron chi connectivity index (χ2n) is 21.0. The van der Waals surface area contributed by atoms with Crippen LogP contribution in [0.5, 0.6) is 17.2 Å². The summed E-state index contributed by atoms with van der Waals surface area (Å²) in [7, 11) is -4.82. The maximum atomic E-state index is 15.5. The van der Waals surface area contributed by atoms with Crippen molar-refractivity contribution in [2.45, 2.75) is 114 Å². The first-order valence-electron chi connectivity index (χ1n) is 24.8. The maximum absolute atomic E-state index is 15.5. The van der Waals surface area contributed by atoms with Gasteiger partial charge in [-0.05, 0) is 105 Å². The van der Waals surface area contributed by atoms with Gasteiger partial charge in [-0.2, -0.15) is 9.37 Å². The summed E-state index contributed by atoms with van der Waals surface area (Å²) in [5, 5.41) is 26.0. The van der Waals surface area contributed by atoms with E-state index in [0.717, 1.165) is 56.6 Å². The number of piperazine rings is 1. The van der Waals surface area contributed by atoms with E-state index in [1.54, 1.807) is 19.9 Å². The molecule has 3 aromatic carbocycles. The Morgan fingerprint density at radius 2 is 1.74 bits per heavy atom. The molecular weight excluding hydrogens is 951 g/mol. The predicted molar refractivity (Wildman–Crippen MR) is 265 cm³/mol. The summed E-state index contributed by atoms with van der Waals surface area (Å²) in [4.78, 5) is 50.9. The number of aromatic nitrogens is 2. The Morgan fingerprint density at radius 3 is 2.44 bits per heavy atom. The Balaban J connectivity index is 0.876. The predicted octanol–water partition coefficient (Wildman–Crippen LogP) is 8.55. The lowest BCUT2D eigenvalue weighted by atomic mass is 9.59. The van der Waals surface area contributed by atoms with Crippen LogP contribution >= 0.6 is 0 Å². The van der Waals surface area contributed by atoms with Crippen LogP contribution in [0.25, 0.3) is 11.0 Å². The van der Waals surface area contributed by atoms with Crippen molar-refractivity contribution in [1.82, 2.24) is 24.5 Å². The number of amides is 2. The SMILES string of the molecule is CC(=O)N1CCN(C2CC3(CCN(c4ccc(C(=O)NS(=O)(=O)c5cc6c(c([N+](=O)[O-])c5)N[C@@H](C5CCC(C)(O)CC5)CO6)c(Oc5cc6c(F)c[nH]c6nc5F)c4)CC3)C2)[C@H](c2ccccc2C(C)C)C1. The van der Waals surface area contributed by atoms with Crippen molar-refractivity contribution in [3.8, 4) is 17.2 Å². The standard InChI is InChI=1S/C52H60F2N8O9S/c1-30(2)36-7-5-6-8-37(36)43-28-60(31(3)63)19-20-61(43)34-25-52(26-34)15-17-59(18-16-52)33-9-10-38(44(21-33)71-46-24-39-40(53)27-55-49(39)57-48(46)54)50(64)58-72(68,69)35-22-42(62(66)67)47-45(23-35)70-29-41(56-47)32-11-13-51(4,65)14-12-32/h5-10,21-24,27,30,32,34,41,43,56,65H,11-20,25-26,28-29H2,1-4H3,(H,55,57)(H,58,64)/t32?,41-,43+,51?/m1/s1. The summed E-state index contributed by atoms with van der Waals surface area (Å²) in [5.74, 6) is -3.37. The van der Waals surface area contributed by atoms with Crippen molar-refractivity contribution in [2.24, 2.45) is 11.3 Å². The van der Waals surface area contributed by atoms with Gasteiger partial charge in [-0.3, -0.25) is 24.6 Å². The van der Waals surface area contributed by atoms with E-state index >= 15 is 4.39 Å². The molecule has 5 heterocycles. The molecule has 17 nitrogen and oxygen atoms in total. The van der Waals surface area contributed by atoms with Gasteiger partial charge in [-0.15, -0.1) is 0 Å². The van der Waals surface area contributed by atoms with E-state index in [9.17, 15) is 37.6 Å². The number of halogens is 2. The Hall–Kier alpha value is -6.38. The van der Waals surface area contributed by atoms with Gasteiger partial charge in [0, 0.05) is 75.8 Å². The van der Waals surface area contributed by atoms with Gasteiger partial charge >= 0.3 is 0 Å². The van der Waals surface area contributed by atoms with Crippen molar-refractivity contribution < 1.29 is 46.3 Å². The van der Waals surface area contributed by atoms with Crippen LogP contribution < -0.4 is 24.4 Å². The zero-order chi connectivity index (χ0) is 50.9. The summed E-state index contributed by atoms with van der Waals surface area (Å²) in [6.45, 7) is 11.3. The van der Waals surface area contributed by atoms with Crippen LogP contribution in [0, 0.1) is 33.2 Å². The monoisotopic (exact) mass is 1010 g/mol. The number of nitro groups is 1. The van der Waals surface area contributed by atoms with Crippen LogP contribution in [0.3, 0.4) is 0 Å². The molecule has 2 atom stereocenters. The lowest BCUT2D eigenvalue weighted by Crippen LogP contribution is -2.60. The molecule has 2 saturated carbocycles. The molecule has 0 radical (unpaired) electrons. The van der Waals surface area contributed by atoms with Gasteiger partial charge in [-0.1, -0.05) is 38.1 Å². The molecule has 3 aliphatic heterocycles. The van der Waals surface area contributed by atoms with Gasteiger partial charge in [-0.25, -0.2) is 17.5 Å². The molecule has 2 amide bonds. The van der Waals surface area contributed by atoms with Crippen LogP contribution in [-0.4, -0.2) is 107 Å². The average Bonchev–Trinajstić information content (AvgIpc) is 3.70. The number of benzene rings is 3. The third-order valence-corrected chi connectivity index (χ3v) is 17.3. The molecule has 1 spiro atoms. The van der Waals surface area contributed by atoms with Gasteiger partial charge in [0.25, 0.3) is 27.6 Å². The number of ether oxygens (including phenoxy) is 2. The normalized spacial score (nSPS) is 23.5. The van der Waals surface area contributed by atoms with Crippen LogP contribution in [0.2, 0.25) is 0 Å². The minimum Gasteiger partial charge on any atom is -0.489 e. The van der Waals surface area contributed by atoms with Crippen LogP contribution in [0.1, 0.15) is 113 Å². The number of nitrogens with one attached hydrogen (secondary N) is 3. The summed E-state index contributed by atoms with van der Waals surface area (Å²) in [5.41, 5.74) is 1.56. The van der Waals surface area contributed by atoms with E-state index in [-0.39, 0.29) is 69.7 Å². The van der Waals surface area contributed by atoms with Gasteiger partial charge < -0.3 is 34.7 Å². The van der Waals surface area contributed by atoms with Crippen molar-refractivity contribution in [1.29, 1.82) is 0 Å². The number of aromatic amines is 1. The smallest absolute Gasteiger partial charge is 0.297 e. The molecule has 5 aromatic rings. The number of hydrogen-bond donors (Lipinski definition) is 4. The molecule has 5 aliphatic rings. The highest BCUT2D eigenvalue weighted by Gasteiger charge is 2.50. The highest BCUT2D eigenvalue weighted by atomic mass is 32.2. The van der Waals surface area contributed by atoms with Crippen molar-refractivity contribution in [2.75, 3.05) is 49.5 Å².